The second-order valence-electron chi connectivity index (χ2n) is 7.25. The Hall–Kier alpha value is -3.65. The monoisotopic (exact) mass is 512 g/mol. The SMILES string of the molecule is Cc1c(NCCO)ncnc1C(=O)NC(C)c1ncc(C(=O)Nc2ccc(F)c(C(F)(F)F)c2)s1. The number of carbonyl (C=O) groups is 2. The van der Waals surface area contributed by atoms with Gasteiger partial charge < -0.3 is 21.1 Å². The number of alkyl halides is 3. The summed E-state index contributed by atoms with van der Waals surface area (Å²) in [5.41, 5.74) is -1.14. The summed E-state index contributed by atoms with van der Waals surface area (Å²) in [4.78, 5) is 37.4. The highest BCUT2D eigenvalue weighted by Gasteiger charge is 2.34. The van der Waals surface area contributed by atoms with Crippen LogP contribution in [0.3, 0.4) is 0 Å². The van der Waals surface area contributed by atoms with Gasteiger partial charge in [0, 0.05) is 17.8 Å². The lowest BCUT2D eigenvalue weighted by Crippen LogP contribution is -2.28. The van der Waals surface area contributed by atoms with E-state index in [0.29, 0.717) is 28.5 Å². The molecule has 1 unspecified atom stereocenters. The molecule has 3 rings (SSSR count). The van der Waals surface area contributed by atoms with Crippen LogP contribution in [0.5, 0.6) is 0 Å². The fraction of sp³-hybridized carbons (Fsp3) is 0.286. The summed E-state index contributed by atoms with van der Waals surface area (Å²) in [5.74, 6) is -2.31. The van der Waals surface area contributed by atoms with E-state index < -0.39 is 35.4 Å². The molecular formula is C21H20F4N6O3S. The minimum atomic E-state index is -4.91. The summed E-state index contributed by atoms with van der Waals surface area (Å²) in [6.07, 6.45) is -2.48. The first-order valence-corrected chi connectivity index (χ1v) is 10.9. The number of aliphatic hydroxyl groups is 1. The van der Waals surface area contributed by atoms with Crippen molar-refractivity contribution in [3.05, 3.63) is 63.2 Å². The first kappa shape index (κ1) is 26.0. The molecule has 2 amide bonds. The molecule has 14 heteroatoms. The standard InChI is InChI=1S/C21H20F4N6O3S/c1-10-16(28-9-29-17(10)26-5-6-32)19(34)30-11(2)20-27-8-15(35-20)18(33)31-12-3-4-14(22)13(7-12)21(23,24)25/h3-4,7-9,11,32H,5-6H2,1-2H3,(H,30,34)(H,31,33)(H,26,28,29). The van der Waals surface area contributed by atoms with E-state index in [-0.39, 0.29) is 29.4 Å². The van der Waals surface area contributed by atoms with E-state index >= 15 is 0 Å². The highest BCUT2D eigenvalue weighted by molar-refractivity contribution is 7.13. The number of amides is 2. The van der Waals surface area contributed by atoms with Crippen LogP contribution < -0.4 is 16.0 Å². The van der Waals surface area contributed by atoms with Crippen LogP contribution in [0.15, 0.2) is 30.7 Å². The molecule has 186 valence electrons. The largest absolute Gasteiger partial charge is 0.419 e. The number of hydrogen-bond acceptors (Lipinski definition) is 8. The van der Waals surface area contributed by atoms with Gasteiger partial charge in [-0.15, -0.1) is 11.3 Å². The predicted octanol–water partition coefficient (Wildman–Crippen LogP) is 3.55. The molecule has 9 nitrogen and oxygen atoms in total. The van der Waals surface area contributed by atoms with Gasteiger partial charge in [0.05, 0.1) is 24.4 Å². The van der Waals surface area contributed by atoms with Crippen molar-refractivity contribution in [3.8, 4) is 0 Å². The Balaban J connectivity index is 1.69. The average molecular weight is 512 g/mol. The Labute approximate surface area is 200 Å². The number of anilines is 2. The van der Waals surface area contributed by atoms with Crippen molar-refractivity contribution < 1.29 is 32.3 Å². The lowest BCUT2D eigenvalue weighted by molar-refractivity contribution is -0.139. The fourth-order valence-electron chi connectivity index (χ4n) is 2.96. The smallest absolute Gasteiger partial charge is 0.395 e. The lowest BCUT2D eigenvalue weighted by atomic mass is 10.2. The predicted molar refractivity (Wildman–Crippen MR) is 120 cm³/mol. The number of benzene rings is 1. The van der Waals surface area contributed by atoms with Gasteiger partial charge in [-0.1, -0.05) is 0 Å². The summed E-state index contributed by atoms with van der Waals surface area (Å²) in [5, 5.41) is 17.2. The Kier molecular flexibility index (Phi) is 7.96. The Bertz CT molecular complexity index is 1230. The van der Waals surface area contributed by atoms with Crippen molar-refractivity contribution in [3.63, 3.8) is 0 Å². The molecule has 0 aliphatic carbocycles. The summed E-state index contributed by atoms with van der Waals surface area (Å²) in [6, 6.07) is 1.51. The number of thiazole rings is 1. The van der Waals surface area contributed by atoms with E-state index in [4.69, 9.17) is 5.11 Å². The summed E-state index contributed by atoms with van der Waals surface area (Å²) in [6.45, 7) is 3.40. The third-order valence-electron chi connectivity index (χ3n) is 4.70. The second kappa shape index (κ2) is 10.7. The van der Waals surface area contributed by atoms with E-state index in [1.54, 1.807) is 13.8 Å². The molecule has 3 aromatic rings. The molecular weight excluding hydrogens is 492 g/mol. The zero-order valence-corrected chi connectivity index (χ0v) is 19.2. The highest BCUT2D eigenvalue weighted by atomic mass is 32.1. The van der Waals surface area contributed by atoms with Crippen LogP contribution in [-0.4, -0.2) is 45.0 Å². The number of nitrogens with zero attached hydrogens (tertiary/aromatic N) is 3. The van der Waals surface area contributed by atoms with Gasteiger partial charge in [0.25, 0.3) is 11.8 Å². The number of carbonyl (C=O) groups excluding carboxylic acids is 2. The quantitative estimate of drug-likeness (QED) is 0.340. The molecule has 0 bridgehead atoms. The molecule has 4 N–H and O–H groups in total. The zero-order valence-electron chi connectivity index (χ0n) is 18.4. The van der Waals surface area contributed by atoms with E-state index in [1.165, 1.54) is 12.5 Å². The summed E-state index contributed by atoms with van der Waals surface area (Å²) >= 11 is 0.930. The summed E-state index contributed by atoms with van der Waals surface area (Å²) < 4.78 is 52.1. The van der Waals surface area contributed by atoms with Crippen molar-refractivity contribution >= 4 is 34.7 Å². The Morgan fingerprint density at radius 1 is 1.17 bits per heavy atom. The lowest BCUT2D eigenvalue weighted by Gasteiger charge is -2.14. The number of hydrogen-bond donors (Lipinski definition) is 4. The van der Waals surface area contributed by atoms with Gasteiger partial charge in [0.2, 0.25) is 0 Å². The van der Waals surface area contributed by atoms with Crippen molar-refractivity contribution in [2.45, 2.75) is 26.1 Å². The van der Waals surface area contributed by atoms with E-state index in [0.717, 1.165) is 17.4 Å². The van der Waals surface area contributed by atoms with Crippen molar-refractivity contribution in [2.75, 3.05) is 23.8 Å². The van der Waals surface area contributed by atoms with Crippen molar-refractivity contribution in [2.24, 2.45) is 0 Å². The maximum Gasteiger partial charge on any atom is 0.419 e. The van der Waals surface area contributed by atoms with Gasteiger partial charge in [0.15, 0.2) is 0 Å². The molecule has 0 fully saturated rings. The van der Waals surface area contributed by atoms with Crippen molar-refractivity contribution in [1.82, 2.24) is 20.3 Å². The van der Waals surface area contributed by atoms with Crippen LogP contribution in [0.25, 0.3) is 0 Å². The molecule has 0 aliphatic heterocycles. The van der Waals surface area contributed by atoms with Crippen molar-refractivity contribution in [1.29, 1.82) is 0 Å². The minimum absolute atomic E-state index is 0.0766. The number of aliphatic hydroxyl groups excluding tert-OH is 1. The molecule has 2 heterocycles. The first-order chi connectivity index (χ1) is 16.5. The number of aromatic nitrogens is 3. The van der Waals surface area contributed by atoms with Gasteiger partial charge in [-0.05, 0) is 32.0 Å². The van der Waals surface area contributed by atoms with E-state index in [9.17, 15) is 27.2 Å². The van der Waals surface area contributed by atoms with Crippen LogP contribution in [0.2, 0.25) is 0 Å². The fourth-order valence-corrected chi connectivity index (χ4v) is 3.78. The van der Waals surface area contributed by atoms with Crippen LogP contribution >= 0.6 is 11.3 Å². The molecule has 35 heavy (non-hydrogen) atoms. The van der Waals surface area contributed by atoms with Gasteiger partial charge >= 0.3 is 6.18 Å². The molecule has 0 spiro atoms. The maximum absolute atomic E-state index is 13.5. The van der Waals surface area contributed by atoms with E-state index in [1.807, 2.05) is 0 Å². The third-order valence-corrected chi connectivity index (χ3v) is 5.88. The third kappa shape index (κ3) is 6.27. The Morgan fingerprint density at radius 3 is 2.60 bits per heavy atom. The molecule has 1 atom stereocenters. The topological polar surface area (TPSA) is 129 Å². The molecule has 0 saturated heterocycles. The van der Waals surface area contributed by atoms with Crippen LogP contribution in [0.4, 0.5) is 29.1 Å². The minimum Gasteiger partial charge on any atom is -0.395 e. The number of rotatable bonds is 8. The van der Waals surface area contributed by atoms with Crippen LogP contribution in [-0.2, 0) is 6.18 Å². The Morgan fingerprint density at radius 2 is 1.91 bits per heavy atom. The second-order valence-corrected chi connectivity index (χ2v) is 8.31. The number of halogens is 4. The highest BCUT2D eigenvalue weighted by Crippen LogP contribution is 2.33. The van der Waals surface area contributed by atoms with Gasteiger partial charge in [-0.25, -0.2) is 19.3 Å². The van der Waals surface area contributed by atoms with E-state index in [2.05, 4.69) is 30.9 Å². The van der Waals surface area contributed by atoms with Gasteiger partial charge in [-0.2, -0.15) is 13.2 Å². The maximum atomic E-state index is 13.5. The van der Waals surface area contributed by atoms with Crippen LogP contribution in [0, 0.1) is 12.7 Å². The normalized spacial score (nSPS) is 12.2. The van der Waals surface area contributed by atoms with Gasteiger partial charge in [0.1, 0.15) is 33.5 Å². The van der Waals surface area contributed by atoms with Crippen LogP contribution in [0.1, 0.15) is 49.3 Å². The average Bonchev–Trinajstić information content (AvgIpc) is 3.29. The number of nitrogens with one attached hydrogen (secondary N) is 3. The zero-order chi connectivity index (χ0) is 25.8. The molecule has 0 aliphatic rings. The molecule has 1 aromatic carbocycles. The summed E-state index contributed by atoms with van der Waals surface area (Å²) in [7, 11) is 0. The molecule has 2 aromatic heterocycles. The first-order valence-electron chi connectivity index (χ1n) is 10.1. The van der Waals surface area contributed by atoms with Gasteiger partial charge in [-0.3, -0.25) is 9.59 Å². The molecule has 0 radical (unpaired) electrons. The molecule has 0 saturated carbocycles.